The lowest BCUT2D eigenvalue weighted by atomic mass is 9.77. The van der Waals surface area contributed by atoms with Crippen LogP contribution in [0.15, 0.2) is 6.20 Å². The van der Waals surface area contributed by atoms with E-state index in [1.54, 1.807) is 11.3 Å². The van der Waals surface area contributed by atoms with Gasteiger partial charge >= 0.3 is 0 Å². The zero-order valence-corrected chi connectivity index (χ0v) is 13.8. The number of aliphatic hydroxyl groups excluding tert-OH is 1. The van der Waals surface area contributed by atoms with Crippen molar-refractivity contribution >= 4 is 44.0 Å². The molecule has 20 heavy (non-hydrogen) atoms. The molecule has 108 valence electrons. The van der Waals surface area contributed by atoms with Gasteiger partial charge in [0.05, 0.1) is 12.3 Å². The van der Waals surface area contributed by atoms with Gasteiger partial charge in [-0.3, -0.25) is 0 Å². The topological polar surface area (TPSA) is 79.7 Å². The van der Waals surface area contributed by atoms with E-state index in [-0.39, 0.29) is 12.1 Å². The van der Waals surface area contributed by atoms with Crippen LogP contribution in [-0.4, -0.2) is 44.9 Å². The molecule has 1 aliphatic carbocycles. The van der Waals surface area contributed by atoms with Gasteiger partial charge in [0.15, 0.2) is 0 Å². The van der Waals surface area contributed by atoms with Crippen molar-refractivity contribution in [2.75, 3.05) is 18.0 Å². The quantitative estimate of drug-likeness (QED) is 0.691. The van der Waals surface area contributed by atoms with Crippen LogP contribution in [0, 0.1) is 15.5 Å². The number of aromatic nitrogens is 3. The van der Waals surface area contributed by atoms with Crippen LogP contribution in [0.3, 0.4) is 0 Å². The first-order valence-electron chi connectivity index (χ1n) is 6.82. The van der Waals surface area contributed by atoms with Gasteiger partial charge in [-0.15, -0.1) is 5.10 Å². The Morgan fingerprint density at radius 1 is 1.40 bits per heavy atom. The molecule has 1 saturated carbocycles. The smallest absolute Gasteiger partial charge is 0.214 e. The van der Waals surface area contributed by atoms with E-state index in [9.17, 15) is 5.11 Å². The summed E-state index contributed by atoms with van der Waals surface area (Å²) >= 11 is 3.86. The summed E-state index contributed by atoms with van der Waals surface area (Å²) in [6, 6.07) is -0.0945. The van der Waals surface area contributed by atoms with Crippen molar-refractivity contribution in [1.29, 1.82) is 0 Å². The molecule has 2 fully saturated rings. The number of halogens is 1. The number of nitrogens with zero attached hydrogens (tertiary/aromatic N) is 4. The molecule has 2 aromatic heterocycles. The van der Waals surface area contributed by atoms with Crippen molar-refractivity contribution in [3.63, 3.8) is 0 Å². The second-order valence-electron chi connectivity index (χ2n) is 5.71. The molecule has 0 bridgehead atoms. The van der Waals surface area contributed by atoms with Crippen molar-refractivity contribution in [2.45, 2.75) is 25.0 Å². The summed E-state index contributed by atoms with van der Waals surface area (Å²) in [6.45, 7) is 1.90. The predicted molar refractivity (Wildman–Crippen MR) is 86.0 cm³/mol. The zero-order valence-electron chi connectivity index (χ0n) is 10.8. The molecule has 2 aliphatic rings. The average molecular weight is 405 g/mol. The maximum absolute atomic E-state index is 9.93. The Kier molecular flexibility index (Phi) is 3.17. The summed E-state index contributed by atoms with van der Waals surface area (Å²) in [6.07, 6.45) is 3.38. The molecule has 1 saturated heterocycles. The number of hydrogen-bond acceptors (Lipinski definition) is 6. The lowest BCUT2D eigenvalue weighted by molar-refractivity contribution is 0.0625. The minimum atomic E-state index is -0.342. The standard InChI is InChI=1S/C12H16IN5OS/c13-9-3-15-11-18(9)16-12(20-11)17-4-6-1-2-8(19)10(14)7(6)5-17/h3,6-8,10,19H,1-2,4-5,14H2/t6-,7+,8+,10+/m1/s1. The van der Waals surface area contributed by atoms with E-state index in [4.69, 9.17) is 5.73 Å². The van der Waals surface area contributed by atoms with Crippen LogP contribution in [0.2, 0.25) is 0 Å². The number of nitrogens with two attached hydrogens (primary N) is 1. The van der Waals surface area contributed by atoms with Crippen LogP contribution in [-0.2, 0) is 0 Å². The van der Waals surface area contributed by atoms with Crippen LogP contribution in [0.5, 0.6) is 0 Å². The third-order valence-electron chi connectivity index (χ3n) is 4.57. The van der Waals surface area contributed by atoms with Crippen molar-refractivity contribution < 1.29 is 5.11 Å². The summed E-state index contributed by atoms with van der Waals surface area (Å²) in [5, 5.41) is 15.6. The largest absolute Gasteiger partial charge is 0.392 e. The van der Waals surface area contributed by atoms with Crippen molar-refractivity contribution in [3.8, 4) is 0 Å². The fourth-order valence-electron chi connectivity index (χ4n) is 3.44. The molecule has 0 aromatic carbocycles. The van der Waals surface area contributed by atoms with Crippen LogP contribution >= 0.6 is 33.9 Å². The molecule has 4 rings (SSSR count). The number of imidazole rings is 1. The first kappa shape index (κ1) is 13.2. The Balaban J connectivity index is 1.61. The third-order valence-corrected chi connectivity index (χ3v) is 6.29. The first-order valence-corrected chi connectivity index (χ1v) is 8.71. The number of hydrogen-bond donors (Lipinski definition) is 2. The van der Waals surface area contributed by atoms with E-state index >= 15 is 0 Å². The Labute approximate surface area is 134 Å². The summed E-state index contributed by atoms with van der Waals surface area (Å²) < 4.78 is 2.92. The van der Waals surface area contributed by atoms with Gasteiger partial charge in [0.25, 0.3) is 0 Å². The van der Waals surface area contributed by atoms with Crippen molar-refractivity contribution in [3.05, 3.63) is 9.90 Å². The van der Waals surface area contributed by atoms with Gasteiger partial charge in [0, 0.05) is 19.1 Å². The molecule has 2 aromatic rings. The monoisotopic (exact) mass is 405 g/mol. The molecule has 1 aliphatic heterocycles. The summed E-state index contributed by atoms with van der Waals surface area (Å²) in [4.78, 5) is 7.59. The summed E-state index contributed by atoms with van der Waals surface area (Å²) in [5.74, 6) is 0.970. The van der Waals surface area contributed by atoms with Gasteiger partial charge in [0.2, 0.25) is 10.1 Å². The van der Waals surface area contributed by atoms with E-state index < -0.39 is 0 Å². The third kappa shape index (κ3) is 1.96. The first-order chi connectivity index (χ1) is 9.63. The van der Waals surface area contributed by atoms with Gasteiger partial charge in [-0.25, -0.2) is 4.98 Å². The molecule has 3 heterocycles. The molecular weight excluding hydrogens is 389 g/mol. The van der Waals surface area contributed by atoms with Gasteiger partial charge in [0.1, 0.15) is 3.70 Å². The summed E-state index contributed by atoms with van der Waals surface area (Å²) in [7, 11) is 0. The van der Waals surface area contributed by atoms with Crippen LogP contribution in [0.4, 0.5) is 5.13 Å². The predicted octanol–water partition coefficient (Wildman–Crippen LogP) is 0.930. The van der Waals surface area contributed by atoms with Crippen LogP contribution in [0.25, 0.3) is 4.96 Å². The fourth-order valence-corrected chi connectivity index (χ4v) is 4.98. The lowest BCUT2D eigenvalue weighted by Gasteiger charge is -2.33. The minimum Gasteiger partial charge on any atom is -0.392 e. The summed E-state index contributed by atoms with van der Waals surface area (Å²) in [5.41, 5.74) is 6.17. The Morgan fingerprint density at radius 2 is 2.25 bits per heavy atom. The highest BCUT2D eigenvalue weighted by molar-refractivity contribution is 14.1. The molecule has 8 heteroatoms. The van der Waals surface area contributed by atoms with Crippen molar-refractivity contribution in [1.82, 2.24) is 14.6 Å². The van der Waals surface area contributed by atoms with Gasteiger partial charge < -0.3 is 15.7 Å². The molecule has 3 N–H and O–H groups in total. The number of fused-ring (bicyclic) bond motifs is 2. The van der Waals surface area contributed by atoms with Crippen LogP contribution < -0.4 is 10.6 Å². The van der Waals surface area contributed by atoms with Gasteiger partial charge in [-0.2, -0.15) is 4.52 Å². The maximum Gasteiger partial charge on any atom is 0.214 e. The number of aliphatic hydroxyl groups is 1. The maximum atomic E-state index is 9.93. The highest BCUT2D eigenvalue weighted by Gasteiger charge is 2.43. The second kappa shape index (κ2) is 4.79. The second-order valence-corrected chi connectivity index (χ2v) is 7.75. The SMILES string of the molecule is N[C@H]1[C@H]2CN(c3nn4c(I)cnc4s3)C[C@H]2CC[C@@H]1O. The minimum absolute atomic E-state index is 0.0945. The van der Waals surface area contributed by atoms with Crippen molar-refractivity contribution in [2.24, 2.45) is 17.6 Å². The molecular formula is C12H16IN5OS. The van der Waals surface area contributed by atoms with E-state index in [1.807, 2.05) is 10.7 Å². The van der Waals surface area contributed by atoms with E-state index in [0.717, 1.165) is 39.7 Å². The zero-order chi connectivity index (χ0) is 13.9. The molecule has 0 spiro atoms. The highest BCUT2D eigenvalue weighted by atomic mass is 127. The van der Waals surface area contributed by atoms with E-state index in [1.165, 1.54) is 0 Å². The van der Waals surface area contributed by atoms with Crippen LogP contribution in [0.1, 0.15) is 12.8 Å². The number of rotatable bonds is 1. The molecule has 0 radical (unpaired) electrons. The highest BCUT2D eigenvalue weighted by Crippen LogP contribution is 2.38. The normalized spacial score (nSPS) is 33.9. The molecule has 6 nitrogen and oxygen atoms in total. The lowest BCUT2D eigenvalue weighted by Crippen LogP contribution is -2.48. The Bertz CT molecular complexity index is 643. The van der Waals surface area contributed by atoms with Gasteiger partial charge in [-0.05, 0) is 47.3 Å². The Hall–Kier alpha value is -0.450. The average Bonchev–Trinajstić information content (AvgIpc) is 3.10. The van der Waals surface area contributed by atoms with E-state index in [0.29, 0.717) is 11.8 Å². The molecule has 0 unspecified atom stereocenters. The molecule has 4 atom stereocenters. The number of anilines is 1. The molecule has 0 amide bonds. The fraction of sp³-hybridized carbons (Fsp3) is 0.667. The van der Waals surface area contributed by atoms with E-state index in [2.05, 4.69) is 37.6 Å². The van der Waals surface area contributed by atoms with Gasteiger partial charge in [-0.1, -0.05) is 11.3 Å². The Morgan fingerprint density at radius 3 is 3.05 bits per heavy atom.